The van der Waals surface area contributed by atoms with E-state index in [9.17, 15) is 9.90 Å². The number of rotatable bonds is 7. The maximum Gasteiger partial charge on any atom is 0.240 e. The Balaban J connectivity index is 1.30. The minimum Gasteiger partial charge on any atom is -0.494 e. The molecule has 1 aliphatic heterocycles. The van der Waals surface area contributed by atoms with E-state index < -0.39 is 0 Å². The number of benzene rings is 3. The van der Waals surface area contributed by atoms with E-state index in [1.165, 1.54) is 4.80 Å². The Morgan fingerprint density at radius 3 is 2.43 bits per heavy atom. The molecular weight excluding hydrogens is 530 g/mol. The molecule has 0 unspecified atom stereocenters. The fourth-order valence-corrected chi connectivity index (χ4v) is 5.15. The van der Waals surface area contributed by atoms with Gasteiger partial charge in [-0.25, -0.2) is 4.99 Å². The Bertz CT molecular complexity index is 1730. The van der Waals surface area contributed by atoms with E-state index >= 15 is 0 Å². The molecule has 1 fully saturated rings. The summed E-state index contributed by atoms with van der Waals surface area (Å²) in [5, 5.41) is 24.2. The van der Waals surface area contributed by atoms with Crippen LogP contribution < -0.4 is 4.90 Å². The Kier molecular flexibility index (Phi) is 7.51. The first-order valence-electron chi connectivity index (χ1n) is 13.9. The van der Waals surface area contributed by atoms with Gasteiger partial charge < -0.3 is 19.9 Å². The summed E-state index contributed by atoms with van der Waals surface area (Å²) in [6.07, 6.45) is 0. The molecule has 214 valence electrons. The molecule has 0 atom stereocenters. The van der Waals surface area contributed by atoms with Crippen molar-refractivity contribution in [3.05, 3.63) is 83.9 Å². The van der Waals surface area contributed by atoms with Crippen LogP contribution in [0.2, 0.25) is 0 Å². The summed E-state index contributed by atoms with van der Waals surface area (Å²) in [6, 6.07) is 23.1. The number of aromatic hydroxyl groups is 1. The van der Waals surface area contributed by atoms with Crippen LogP contribution in [0.5, 0.6) is 5.88 Å². The molecule has 5 aromatic rings. The van der Waals surface area contributed by atoms with E-state index in [4.69, 9.17) is 4.99 Å². The van der Waals surface area contributed by atoms with Gasteiger partial charge in [-0.15, -0.1) is 10.2 Å². The van der Waals surface area contributed by atoms with Crippen molar-refractivity contribution < 1.29 is 9.90 Å². The van der Waals surface area contributed by atoms with Gasteiger partial charge in [-0.2, -0.15) is 4.80 Å². The van der Waals surface area contributed by atoms with Crippen molar-refractivity contribution in [2.45, 2.75) is 0 Å². The number of aryl methyl sites for hydroxylation is 1. The van der Waals surface area contributed by atoms with Gasteiger partial charge in [0, 0.05) is 60.9 Å². The molecule has 0 bridgehead atoms. The zero-order chi connectivity index (χ0) is 29.2. The summed E-state index contributed by atoms with van der Waals surface area (Å²) in [5.41, 5.74) is 5.09. The summed E-state index contributed by atoms with van der Waals surface area (Å²) in [7, 11) is 5.63. The lowest BCUT2D eigenvalue weighted by atomic mass is 10.00. The lowest BCUT2D eigenvalue weighted by Gasteiger charge is -2.32. The van der Waals surface area contributed by atoms with Crippen LogP contribution in [0.4, 0.5) is 11.4 Å². The average molecular weight is 564 g/mol. The maximum atomic E-state index is 13.0. The second kappa shape index (κ2) is 11.6. The molecule has 0 aliphatic carbocycles. The van der Waals surface area contributed by atoms with Gasteiger partial charge in [0.25, 0.3) is 0 Å². The van der Waals surface area contributed by atoms with E-state index in [2.05, 4.69) is 37.2 Å². The second-order valence-electron chi connectivity index (χ2n) is 10.6. The number of amides is 1. The molecule has 1 amide bonds. The average Bonchev–Trinajstić information content (AvgIpc) is 3.59. The van der Waals surface area contributed by atoms with Crippen molar-refractivity contribution in [2.24, 2.45) is 12.0 Å². The fraction of sp³-hybridized carbons (Fsp3) is 0.258. The highest BCUT2D eigenvalue weighted by molar-refractivity contribution is 6.22. The van der Waals surface area contributed by atoms with Crippen molar-refractivity contribution in [1.29, 1.82) is 0 Å². The fourth-order valence-electron chi connectivity index (χ4n) is 5.15. The third-order valence-electron chi connectivity index (χ3n) is 7.64. The Labute approximate surface area is 243 Å². The Hall–Kier alpha value is -4.87. The topological polar surface area (TPSA) is 119 Å². The largest absolute Gasteiger partial charge is 0.494 e. The van der Waals surface area contributed by atoms with E-state index in [0.29, 0.717) is 29.3 Å². The Morgan fingerprint density at radius 2 is 1.74 bits per heavy atom. The number of aliphatic imine (C=N–C) groups is 1. The van der Waals surface area contributed by atoms with Gasteiger partial charge in [0.15, 0.2) is 5.88 Å². The number of anilines is 1. The summed E-state index contributed by atoms with van der Waals surface area (Å²) in [6.45, 7) is 4.13. The molecule has 2 N–H and O–H groups in total. The molecule has 11 heteroatoms. The van der Waals surface area contributed by atoms with Crippen LogP contribution in [0, 0.1) is 0 Å². The van der Waals surface area contributed by atoms with Gasteiger partial charge in [-0.3, -0.25) is 9.69 Å². The van der Waals surface area contributed by atoms with Crippen LogP contribution in [0.1, 0.15) is 11.1 Å². The highest BCUT2D eigenvalue weighted by Gasteiger charge is 2.21. The molecule has 1 saturated heterocycles. The van der Waals surface area contributed by atoms with Crippen LogP contribution in [0.3, 0.4) is 0 Å². The van der Waals surface area contributed by atoms with E-state index in [1.807, 2.05) is 72.8 Å². The predicted octanol–water partition coefficient (Wildman–Crippen LogP) is 3.44. The number of piperazine rings is 1. The van der Waals surface area contributed by atoms with Crippen molar-refractivity contribution in [2.75, 3.05) is 51.7 Å². The van der Waals surface area contributed by atoms with Crippen LogP contribution in [-0.2, 0) is 11.8 Å². The number of carbonyl (C=O) groups excluding carboxylic acids is 1. The minimum atomic E-state index is 0.0164. The first-order valence-corrected chi connectivity index (χ1v) is 13.9. The highest BCUT2D eigenvalue weighted by Crippen LogP contribution is 2.33. The van der Waals surface area contributed by atoms with Crippen LogP contribution in [0.15, 0.2) is 77.8 Å². The lowest BCUT2D eigenvalue weighted by Crippen LogP contribution is -2.48. The molecule has 0 saturated carbocycles. The van der Waals surface area contributed by atoms with E-state index in [0.717, 1.165) is 53.9 Å². The number of aromatic nitrogens is 5. The summed E-state index contributed by atoms with van der Waals surface area (Å²) < 4.78 is 0. The van der Waals surface area contributed by atoms with Gasteiger partial charge >= 0.3 is 0 Å². The van der Waals surface area contributed by atoms with Crippen molar-refractivity contribution in [1.82, 2.24) is 35.0 Å². The molecule has 3 aromatic carbocycles. The van der Waals surface area contributed by atoms with Gasteiger partial charge in [-0.05, 0) is 42.6 Å². The molecule has 2 aromatic heterocycles. The normalized spacial score (nSPS) is 14.9. The minimum absolute atomic E-state index is 0.0164. The smallest absolute Gasteiger partial charge is 0.240 e. The number of nitrogens with one attached hydrogen (secondary N) is 1. The maximum absolute atomic E-state index is 13.0. The number of tetrazole rings is 1. The molecule has 3 heterocycles. The van der Waals surface area contributed by atoms with Crippen molar-refractivity contribution in [3.63, 3.8) is 0 Å². The SMILES string of the molecule is CN1CCN(CC(=O)N(C)c2ccc(N=C(c3ccccc3)c3c(O)[nH]c4cc(-c5nnn(C)n5)ccc34)cc2)CC1. The van der Waals surface area contributed by atoms with E-state index in [-0.39, 0.29) is 11.8 Å². The van der Waals surface area contributed by atoms with Gasteiger partial charge in [0.1, 0.15) is 0 Å². The number of likely N-dealkylation sites (N-methyl/N-ethyl adjacent to an activating group) is 2. The number of hydrogen-bond acceptors (Lipinski definition) is 8. The molecule has 1 aliphatic rings. The predicted molar refractivity (Wildman–Crippen MR) is 163 cm³/mol. The number of carbonyl (C=O) groups is 1. The van der Waals surface area contributed by atoms with Gasteiger partial charge in [0.05, 0.1) is 30.6 Å². The zero-order valence-corrected chi connectivity index (χ0v) is 23.9. The molecular formula is C31H33N9O2. The second-order valence-corrected chi connectivity index (χ2v) is 10.6. The van der Waals surface area contributed by atoms with Crippen LogP contribution in [0.25, 0.3) is 22.3 Å². The molecule has 0 spiro atoms. The standard InChI is InChI=1S/C31H33N9O2/c1-37-15-17-40(18-16-37)20-27(41)38(2)24-12-10-23(11-13-24)32-29(21-7-5-4-6-8-21)28-25-14-9-22(19-26(25)33-31(28)42)30-34-36-39(3)35-30/h4-14,19,33,42H,15-18,20H2,1-3H3. The molecule has 11 nitrogen and oxygen atoms in total. The molecule has 0 radical (unpaired) electrons. The van der Waals surface area contributed by atoms with Gasteiger partial charge in [0.2, 0.25) is 11.7 Å². The first-order chi connectivity index (χ1) is 20.4. The third-order valence-corrected chi connectivity index (χ3v) is 7.64. The first kappa shape index (κ1) is 27.3. The number of aromatic amines is 1. The molecule has 42 heavy (non-hydrogen) atoms. The highest BCUT2D eigenvalue weighted by atomic mass is 16.3. The summed E-state index contributed by atoms with van der Waals surface area (Å²) >= 11 is 0. The van der Waals surface area contributed by atoms with Crippen molar-refractivity contribution >= 4 is 33.9 Å². The number of H-pyrrole nitrogens is 1. The third kappa shape index (κ3) is 5.65. The Morgan fingerprint density at radius 1 is 1.00 bits per heavy atom. The van der Waals surface area contributed by atoms with Crippen LogP contribution >= 0.6 is 0 Å². The van der Waals surface area contributed by atoms with Crippen LogP contribution in [-0.4, -0.2) is 98.5 Å². The van der Waals surface area contributed by atoms with Crippen molar-refractivity contribution in [3.8, 4) is 17.3 Å². The summed E-state index contributed by atoms with van der Waals surface area (Å²) in [4.78, 5) is 28.6. The lowest BCUT2D eigenvalue weighted by molar-refractivity contribution is -0.119. The molecule has 6 rings (SSSR count). The zero-order valence-electron chi connectivity index (χ0n) is 23.9. The number of hydrogen-bond donors (Lipinski definition) is 2. The summed E-state index contributed by atoms with van der Waals surface area (Å²) in [5.74, 6) is 0.572. The van der Waals surface area contributed by atoms with Gasteiger partial charge in [-0.1, -0.05) is 42.5 Å². The number of fused-ring (bicyclic) bond motifs is 1. The quantitative estimate of drug-likeness (QED) is 0.291. The monoisotopic (exact) mass is 563 g/mol. The van der Waals surface area contributed by atoms with E-state index in [1.54, 1.807) is 19.0 Å². The number of nitrogens with zero attached hydrogens (tertiary/aromatic N) is 8.